The third-order valence-corrected chi connectivity index (χ3v) is 3.69. The molecular weight excluding hydrogens is 247 g/mol. The monoisotopic (exact) mass is 270 g/mol. The van der Waals surface area contributed by atoms with Crippen molar-refractivity contribution in [3.8, 4) is 17.2 Å². The highest BCUT2D eigenvalue weighted by molar-refractivity contribution is 7.28. The van der Waals surface area contributed by atoms with Crippen molar-refractivity contribution in [2.24, 2.45) is 0 Å². The van der Waals surface area contributed by atoms with Crippen LogP contribution in [0, 0.1) is 0 Å². The maximum atomic E-state index is 5.55. The van der Waals surface area contributed by atoms with Crippen LogP contribution in [0.3, 0.4) is 0 Å². The average molecular weight is 270 g/mol. The van der Waals surface area contributed by atoms with Gasteiger partial charge in [0.05, 0.1) is 26.6 Å². The fourth-order valence-corrected chi connectivity index (χ4v) is 2.72. The molecule has 0 aliphatic heterocycles. The highest BCUT2D eigenvalue weighted by Crippen LogP contribution is 2.40. The van der Waals surface area contributed by atoms with Gasteiger partial charge in [0.1, 0.15) is 17.2 Å². The summed E-state index contributed by atoms with van der Waals surface area (Å²) in [6.45, 7) is 4.38. The van der Waals surface area contributed by atoms with E-state index in [-0.39, 0.29) is 0 Å². The predicted octanol–water partition coefficient (Wildman–Crippen LogP) is 3.12. The van der Waals surface area contributed by atoms with Crippen LogP contribution < -0.4 is 19.5 Å². The van der Waals surface area contributed by atoms with Crippen LogP contribution in [0.5, 0.6) is 17.2 Å². The summed E-state index contributed by atoms with van der Waals surface area (Å²) in [6.07, 6.45) is 2.23. The molecule has 1 rings (SSSR count). The summed E-state index contributed by atoms with van der Waals surface area (Å²) in [4.78, 5) is 0. The van der Waals surface area contributed by atoms with Crippen molar-refractivity contribution < 1.29 is 14.2 Å². The normalized spacial score (nSPS) is 12.1. The largest absolute Gasteiger partial charge is 0.496 e. The lowest BCUT2D eigenvalue weighted by Crippen LogP contribution is -2.10. The lowest BCUT2D eigenvalue weighted by Gasteiger charge is -2.21. The number of ether oxygens (including phenoxy) is 3. The molecule has 0 aromatic heterocycles. The molecule has 4 heteroatoms. The molecule has 0 saturated heterocycles. The van der Waals surface area contributed by atoms with E-state index in [0.29, 0.717) is 5.92 Å². The van der Waals surface area contributed by atoms with E-state index in [1.165, 1.54) is 0 Å². The molecule has 2 atom stereocenters. The molecule has 0 fully saturated rings. The Hall–Kier alpha value is -0.950. The Labute approximate surface area is 112 Å². The highest BCUT2D eigenvalue weighted by Gasteiger charge is 2.21. The summed E-state index contributed by atoms with van der Waals surface area (Å²) >= 11 is 0. The molecule has 0 radical (unpaired) electrons. The van der Waals surface area contributed by atoms with E-state index in [2.05, 4.69) is 23.1 Å². The van der Waals surface area contributed by atoms with Gasteiger partial charge >= 0.3 is 0 Å². The molecule has 0 heterocycles. The van der Waals surface area contributed by atoms with Crippen molar-refractivity contribution >= 4 is 14.5 Å². The molecule has 0 saturated carbocycles. The zero-order valence-corrected chi connectivity index (χ0v) is 13.0. The van der Waals surface area contributed by atoms with Crippen molar-refractivity contribution in [3.63, 3.8) is 0 Å². The molecule has 0 spiro atoms. The molecule has 3 nitrogen and oxygen atoms in total. The van der Waals surface area contributed by atoms with Crippen LogP contribution in [0.15, 0.2) is 6.07 Å². The van der Waals surface area contributed by atoms with E-state index >= 15 is 0 Å². The number of methoxy groups -OCH3 is 3. The number of hydrogen-bond acceptors (Lipinski definition) is 3. The smallest absolute Gasteiger partial charge is 0.136 e. The fraction of sp³-hybridized carbons (Fsp3) is 0.571. The van der Waals surface area contributed by atoms with Gasteiger partial charge < -0.3 is 14.2 Å². The molecule has 0 amide bonds. The van der Waals surface area contributed by atoms with E-state index in [4.69, 9.17) is 14.2 Å². The van der Waals surface area contributed by atoms with E-state index < -0.39 is 0 Å². The fourth-order valence-electron chi connectivity index (χ4n) is 2.25. The first-order valence-corrected chi connectivity index (χ1v) is 6.76. The van der Waals surface area contributed by atoms with Crippen LogP contribution in [-0.4, -0.2) is 21.3 Å². The molecule has 18 heavy (non-hydrogen) atoms. The number of rotatable bonds is 6. The second-order valence-electron chi connectivity index (χ2n) is 4.33. The SMILES string of the molecule is CCCC(C)c1c(OC)cc(OC)c(P)c1OC. The average Bonchev–Trinajstić information content (AvgIpc) is 2.38. The quantitative estimate of drug-likeness (QED) is 0.743. The van der Waals surface area contributed by atoms with Crippen molar-refractivity contribution in [3.05, 3.63) is 11.6 Å². The molecule has 0 bridgehead atoms. The lowest BCUT2D eigenvalue weighted by atomic mass is 9.94. The van der Waals surface area contributed by atoms with Crippen LogP contribution in [0.1, 0.15) is 38.2 Å². The van der Waals surface area contributed by atoms with Gasteiger partial charge in [-0.05, 0) is 12.3 Å². The van der Waals surface area contributed by atoms with Crippen LogP contribution in [0.25, 0.3) is 0 Å². The summed E-state index contributed by atoms with van der Waals surface area (Å²) in [5.41, 5.74) is 1.12. The Morgan fingerprint density at radius 2 is 1.72 bits per heavy atom. The Morgan fingerprint density at radius 3 is 2.17 bits per heavy atom. The minimum Gasteiger partial charge on any atom is -0.496 e. The van der Waals surface area contributed by atoms with Crippen LogP contribution in [0.2, 0.25) is 0 Å². The van der Waals surface area contributed by atoms with Crippen LogP contribution in [-0.2, 0) is 0 Å². The molecule has 0 N–H and O–H groups in total. The van der Waals surface area contributed by atoms with Crippen molar-refractivity contribution in [2.75, 3.05) is 21.3 Å². The zero-order valence-electron chi connectivity index (χ0n) is 11.9. The van der Waals surface area contributed by atoms with Gasteiger partial charge in [-0.25, -0.2) is 0 Å². The predicted molar refractivity (Wildman–Crippen MR) is 78.8 cm³/mol. The van der Waals surface area contributed by atoms with Crippen LogP contribution in [0.4, 0.5) is 0 Å². The Kier molecular flexibility index (Phi) is 5.74. The van der Waals surface area contributed by atoms with E-state index in [1.807, 2.05) is 6.07 Å². The number of hydrogen-bond donors (Lipinski definition) is 0. The molecule has 2 unspecified atom stereocenters. The molecule has 0 aliphatic carbocycles. The van der Waals surface area contributed by atoms with E-state index in [0.717, 1.165) is 41.0 Å². The Bertz CT molecular complexity index is 405. The summed E-state index contributed by atoms with van der Waals surface area (Å²) in [7, 11) is 7.70. The molecule has 1 aromatic rings. The van der Waals surface area contributed by atoms with E-state index in [1.54, 1.807) is 21.3 Å². The maximum absolute atomic E-state index is 5.55. The van der Waals surface area contributed by atoms with Crippen LogP contribution >= 0.6 is 9.24 Å². The molecule has 0 aliphatic rings. The van der Waals surface area contributed by atoms with Gasteiger partial charge in [-0.15, -0.1) is 0 Å². The second-order valence-corrected chi connectivity index (χ2v) is 4.91. The van der Waals surface area contributed by atoms with E-state index in [9.17, 15) is 0 Å². The maximum Gasteiger partial charge on any atom is 0.136 e. The second kappa shape index (κ2) is 6.84. The molecule has 102 valence electrons. The third kappa shape index (κ3) is 2.89. The summed E-state index contributed by atoms with van der Waals surface area (Å²) in [5.74, 6) is 2.83. The van der Waals surface area contributed by atoms with Crippen molar-refractivity contribution in [2.45, 2.75) is 32.6 Å². The standard InChI is InChI=1S/C14H23O3P/c1-6-7-9(2)12-10(15-3)8-11(16-4)14(18)13(12)17-5/h8-9H,6-7,18H2,1-5H3. The van der Waals surface area contributed by atoms with Gasteiger partial charge in [0.2, 0.25) is 0 Å². The van der Waals surface area contributed by atoms with Gasteiger partial charge in [-0.3, -0.25) is 0 Å². The van der Waals surface area contributed by atoms with Gasteiger partial charge in [-0.1, -0.05) is 29.5 Å². The Morgan fingerprint density at radius 1 is 1.11 bits per heavy atom. The lowest BCUT2D eigenvalue weighted by molar-refractivity contribution is 0.368. The summed E-state index contributed by atoms with van der Waals surface area (Å²) in [6, 6.07) is 1.92. The minimum absolute atomic E-state index is 0.394. The highest BCUT2D eigenvalue weighted by atomic mass is 31.0. The first-order valence-electron chi connectivity index (χ1n) is 6.18. The van der Waals surface area contributed by atoms with Crippen molar-refractivity contribution in [1.29, 1.82) is 0 Å². The van der Waals surface area contributed by atoms with Crippen molar-refractivity contribution in [1.82, 2.24) is 0 Å². The minimum atomic E-state index is 0.394. The first-order chi connectivity index (χ1) is 8.60. The summed E-state index contributed by atoms with van der Waals surface area (Å²) in [5, 5.41) is 0.943. The Balaban J connectivity index is 3.41. The van der Waals surface area contributed by atoms with Gasteiger partial charge in [0.25, 0.3) is 0 Å². The van der Waals surface area contributed by atoms with Gasteiger partial charge in [0, 0.05) is 11.6 Å². The zero-order chi connectivity index (χ0) is 13.7. The summed E-state index contributed by atoms with van der Waals surface area (Å²) < 4.78 is 16.4. The topological polar surface area (TPSA) is 27.7 Å². The number of benzene rings is 1. The first kappa shape index (κ1) is 15.1. The third-order valence-electron chi connectivity index (χ3n) is 3.14. The molecule has 1 aromatic carbocycles. The van der Waals surface area contributed by atoms with Gasteiger partial charge in [-0.2, -0.15) is 0 Å². The molecular formula is C14H23O3P. The van der Waals surface area contributed by atoms with Gasteiger partial charge in [0.15, 0.2) is 0 Å².